The molecule has 0 aliphatic rings. The van der Waals surface area contributed by atoms with Crippen molar-refractivity contribution in [1.29, 1.82) is 0 Å². The zero-order chi connectivity index (χ0) is 16.3. The SMILES string of the molecule is C[C@@H](Cc1ccccc1)[NH2+]CCC[NH2+][C@@H](C)Cc1ccccc1. The minimum Gasteiger partial charge on any atom is -0.344 e. The van der Waals surface area contributed by atoms with Crippen LogP contribution in [-0.2, 0) is 12.8 Å². The van der Waals surface area contributed by atoms with Crippen LogP contribution in [0.4, 0.5) is 0 Å². The Labute approximate surface area is 141 Å². The molecule has 2 heteroatoms. The Bertz CT molecular complexity index is 475. The Morgan fingerprint density at radius 2 is 1.04 bits per heavy atom. The van der Waals surface area contributed by atoms with E-state index in [2.05, 4.69) is 85.1 Å². The molecule has 4 N–H and O–H groups in total. The topological polar surface area (TPSA) is 33.2 Å². The molecule has 2 rings (SSSR count). The van der Waals surface area contributed by atoms with Crippen LogP contribution < -0.4 is 10.6 Å². The number of benzene rings is 2. The van der Waals surface area contributed by atoms with Crippen molar-refractivity contribution in [2.75, 3.05) is 13.1 Å². The van der Waals surface area contributed by atoms with Gasteiger partial charge in [0.15, 0.2) is 0 Å². The maximum atomic E-state index is 2.49. The number of quaternary nitrogens is 2. The molecule has 0 aliphatic heterocycles. The van der Waals surface area contributed by atoms with Gasteiger partial charge < -0.3 is 10.6 Å². The van der Waals surface area contributed by atoms with Crippen LogP contribution in [0.25, 0.3) is 0 Å². The summed E-state index contributed by atoms with van der Waals surface area (Å²) in [5, 5.41) is 4.98. The Morgan fingerprint density at radius 3 is 1.43 bits per heavy atom. The normalized spacial score (nSPS) is 13.7. The number of nitrogens with two attached hydrogens (primary N) is 2. The smallest absolute Gasteiger partial charge is 0.0871 e. The van der Waals surface area contributed by atoms with Crippen molar-refractivity contribution in [2.24, 2.45) is 0 Å². The van der Waals surface area contributed by atoms with Crippen molar-refractivity contribution < 1.29 is 10.6 Å². The molecule has 2 aromatic rings. The average molecular weight is 313 g/mol. The second-order valence-corrected chi connectivity index (χ2v) is 6.74. The monoisotopic (exact) mass is 312 g/mol. The van der Waals surface area contributed by atoms with Crippen LogP contribution in [0.15, 0.2) is 60.7 Å². The molecule has 124 valence electrons. The van der Waals surface area contributed by atoms with Gasteiger partial charge in [-0.3, -0.25) is 0 Å². The summed E-state index contributed by atoms with van der Waals surface area (Å²) in [6, 6.07) is 22.9. The van der Waals surface area contributed by atoms with Crippen LogP contribution in [-0.4, -0.2) is 25.2 Å². The molecule has 0 spiro atoms. The Morgan fingerprint density at radius 1 is 0.652 bits per heavy atom. The number of rotatable bonds is 10. The molecule has 0 fully saturated rings. The zero-order valence-corrected chi connectivity index (χ0v) is 14.6. The molecular weight excluding hydrogens is 280 g/mol. The van der Waals surface area contributed by atoms with Gasteiger partial charge in [-0.05, 0) is 25.0 Å². The molecule has 0 saturated carbocycles. The van der Waals surface area contributed by atoms with Crippen molar-refractivity contribution in [3.63, 3.8) is 0 Å². The van der Waals surface area contributed by atoms with Gasteiger partial charge in [0.25, 0.3) is 0 Å². The van der Waals surface area contributed by atoms with Gasteiger partial charge in [-0.25, -0.2) is 0 Å². The van der Waals surface area contributed by atoms with Crippen LogP contribution >= 0.6 is 0 Å². The zero-order valence-electron chi connectivity index (χ0n) is 14.6. The summed E-state index contributed by atoms with van der Waals surface area (Å²) in [5.74, 6) is 0. The van der Waals surface area contributed by atoms with E-state index >= 15 is 0 Å². The van der Waals surface area contributed by atoms with Gasteiger partial charge in [0.1, 0.15) is 0 Å². The van der Waals surface area contributed by atoms with Gasteiger partial charge in [0.2, 0.25) is 0 Å². The third kappa shape index (κ3) is 7.45. The van der Waals surface area contributed by atoms with Crippen molar-refractivity contribution >= 4 is 0 Å². The minimum absolute atomic E-state index is 0.666. The summed E-state index contributed by atoms with van der Waals surface area (Å²) in [6.07, 6.45) is 3.60. The van der Waals surface area contributed by atoms with E-state index in [1.54, 1.807) is 0 Å². The molecule has 0 unspecified atom stereocenters. The highest BCUT2D eigenvalue weighted by atomic mass is 14.9. The lowest BCUT2D eigenvalue weighted by atomic mass is 10.1. The summed E-state index contributed by atoms with van der Waals surface area (Å²) in [6.45, 7) is 7.11. The lowest BCUT2D eigenvalue weighted by Crippen LogP contribution is -2.93. The van der Waals surface area contributed by atoms with Gasteiger partial charge in [-0.15, -0.1) is 0 Å². The molecule has 23 heavy (non-hydrogen) atoms. The van der Waals surface area contributed by atoms with Crippen molar-refractivity contribution in [3.8, 4) is 0 Å². The van der Waals surface area contributed by atoms with Crippen LogP contribution in [0.5, 0.6) is 0 Å². The maximum absolute atomic E-state index is 2.49. The van der Waals surface area contributed by atoms with E-state index in [0.29, 0.717) is 12.1 Å². The lowest BCUT2D eigenvalue weighted by molar-refractivity contribution is -0.709. The van der Waals surface area contributed by atoms with E-state index in [1.165, 1.54) is 30.6 Å². The quantitative estimate of drug-likeness (QED) is 0.627. The largest absolute Gasteiger partial charge is 0.344 e. The summed E-state index contributed by atoms with van der Waals surface area (Å²) < 4.78 is 0. The summed E-state index contributed by atoms with van der Waals surface area (Å²) in [7, 11) is 0. The molecule has 0 heterocycles. The molecule has 0 aliphatic carbocycles. The molecule has 2 atom stereocenters. The first-order valence-corrected chi connectivity index (χ1v) is 8.98. The lowest BCUT2D eigenvalue weighted by Gasteiger charge is -2.12. The van der Waals surface area contributed by atoms with Gasteiger partial charge >= 0.3 is 0 Å². The Hall–Kier alpha value is -1.64. The molecule has 0 amide bonds. The molecule has 0 aromatic heterocycles. The van der Waals surface area contributed by atoms with Crippen LogP contribution in [0.2, 0.25) is 0 Å². The maximum Gasteiger partial charge on any atom is 0.0871 e. The summed E-state index contributed by atoms with van der Waals surface area (Å²) >= 11 is 0. The second-order valence-electron chi connectivity index (χ2n) is 6.74. The molecule has 2 aromatic carbocycles. The van der Waals surface area contributed by atoms with Crippen molar-refractivity contribution in [2.45, 2.75) is 45.2 Å². The minimum atomic E-state index is 0.666. The standard InChI is InChI=1S/C21H30N2/c1-18(16-20-10-5-3-6-11-20)22-14-9-15-23-19(2)17-21-12-7-4-8-13-21/h3-8,10-13,18-19,22-23H,9,14-17H2,1-2H3/p+2/t18-,19-/m0/s1. The first-order chi connectivity index (χ1) is 11.2. The van der Waals surface area contributed by atoms with E-state index in [1.807, 2.05) is 0 Å². The fraction of sp³-hybridized carbons (Fsp3) is 0.429. The predicted octanol–water partition coefficient (Wildman–Crippen LogP) is 1.77. The number of hydrogen-bond donors (Lipinski definition) is 2. The second kappa shape index (κ2) is 10.2. The van der Waals surface area contributed by atoms with Gasteiger partial charge in [0, 0.05) is 19.3 Å². The van der Waals surface area contributed by atoms with Crippen LogP contribution in [0.3, 0.4) is 0 Å². The predicted molar refractivity (Wildman–Crippen MR) is 97.4 cm³/mol. The average Bonchev–Trinajstić information content (AvgIpc) is 2.56. The van der Waals surface area contributed by atoms with E-state index < -0.39 is 0 Å². The number of hydrogen-bond acceptors (Lipinski definition) is 0. The van der Waals surface area contributed by atoms with E-state index in [-0.39, 0.29) is 0 Å². The highest BCUT2D eigenvalue weighted by molar-refractivity contribution is 5.15. The molecule has 0 radical (unpaired) electrons. The van der Waals surface area contributed by atoms with E-state index in [0.717, 1.165) is 12.8 Å². The first-order valence-electron chi connectivity index (χ1n) is 8.98. The molecule has 0 bridgehead atoms. The fourth-order valence-electron chi connectivity index (χ4n) is 3.06. The Kier molecular flexibility index (Phi) is 7.85. The molecule has 0 saturated heterocycles. The third-order valence-electron chi connectivity index (χ3n) is 4.35. The fourth-order valence-corrected chi connectivity index (χ4v) is 3.06. The van der Waals surface area contributed by atoms with Gasteiger partial charge in [0.05, 0.1) is 25.2 Å². The highest BCUT2D eigenvalue weighted by Crippen LogP contribution is 2.01. The third-order valence-corrected chi connectivity index (χ3v) is 4.35. The highest BCUT2D eigenvalue weighted by Gasteiger charge is 2.08. The molecular formula is C21H32N2+2. The molecule has 2 nitrogen and oxygen atoms in total. The van der Waals surface area contributed by atoms with Crippen molar-refractivity contribution in [1.82, 2.24) is 0 Å². The summed E-state index contributed by atoms with van der Waals surface area (Å²) in [4.78, 5) is 0. The first kappa shape index (κ1) is 17.7. The van der Waals surface area contributed by atoms with E-state index in [4.69, 9.17) is 0 Å². The van der Waals surface area contributed by atoms with Gasteiger partial charge in [-0.1, -0.05) is 60.7 Å². The van der Waals surface area contributed by atoms with Gasteiger partial charge in [-0.2, -0.15) is 0 Å². The van der Waals surface area contributed by atoms with Crippen molar-refractivity contribution in [3.05, 3.63) is 71.8 Å². The Balaban J connectivity index is 1.53. The van der Waals surface area contributed by atoms with E-state index in [9.17, 15) is 0 Å². The van der Waals surface area contributed by atoms with Crippen LogP contribution in [0.1, 0.15) is 31.4 Å². The van der Waals surface area contributed by atoms with Crippen LogP contribution in [0, 0.1) is 0 Å². The summed E-state index contributed by atoms with van der Waals surface area (Å²) in [5.41, 5.74) is 2.89.